The molecule has 32 heavy (non-hydrogen) atoms. The molecular weight excluding hydrogens is 477 g/mol. The van der Waals surface area contributed by atoms with Gasteiger partial charge in [0.25, 0.3) is 0 Å². The second kappa shape index (κ2) is 9.61. The first-order valence-corrected chi connectivity index (χ1v) is 13.3. The van der Waals surface area contributed by atoms with Gasteiger partial charge in [-0.3, -0.25) is 4.79 Å². The molecule has 170 valence electrons. The van der Waals surface area contributed by atoms with Crippen molar-refractivity contribution in [3.63, 3.8) is 0 Å². The Hall–Kier alpha value is -2.41. The summed E-state index contributed by atoms with van der Waals surface area (Å²) < 4.78 is 53.7. The molecule has 1 unspecified atom stereocenters. The molecule has 0 aliphatic carbocycles. The lowest BCUT2D eigenvalue weighted by molar-refractivity contribution is -0.117. The van der Waals surface area contributed by atoms with Gasteiger partial charge >= 0.3 is 0 Å². The molecule has 4 rings (SSSR count). The molecule has 0 fully saturated rings. The molecule has 0 bridgehead atoms. The summed E-state index contributed by atoms with van der Waals surface area (Å²) in [6, 6.07) is 7.46. The number of carbonyl (C=O) groups excluding carboxylic acids is 1. The highest BCUT2D eigenvalue weighted by Crippen LogP contribution is 2.37. The van der Waals surface area contributed by atoms with Crippen molar-refractivity contribution in [2.75, 3.05) is 30.5 Å². The minimum atomic E-state index is -4.24. The normalized spacial score (nSPS) is 14.3. The maximum absolute atomic E-state index is 14.0. The number of rotatable bonds is 8. The van der Waals surface area contributed by atoms with E-state index < -0.39 is 32.7 Å². The third kappa shape index (κ3) is 4.98. The van der Waals surface area contributed by atoms with Crippen LogP contribution in [-0.2, 0) is 14.8 Å². The Morgan fingerprint density at radius 1 is 1.25 bits per heavy atom. The summed E-state index contributed by atoms with van der Waals surface area (Å²) in [7, 11) is -4.24. The van der Waals surface area contributed by atoms with Gasteiger partial charge in [0.2, 0.25) is 15.9 Å². The number of ether oxygens (including phenoxy) is 2. The topological polar surface area (TPSA) is 107 Å². The molecule has 1 aliphatic heterocycles. The van der Waals surface area contributed by atoms with E-state index >= 15 is 0 Å². The van der Waals surface area contributed by atoms with Crippen LogP contribution in [0.1, 0.15) is 6.42 Å². The number of aromatic nitrogens is 1. The van der Waals surface area contributed by atoms with E-state index in [1.807, 2.05) is 6.26 Å². The maximum atomic E-state index is 14.0. The first kappa shape index (κ1) is 22.8. The average molecular weight is 498 g/mol. The van der Waals surface area contributed by atoms with Gasteiger partial charge in [-0.1, -0.05) is 23.5 Å². The monoisotopic (exact) mass is 497 g/mol. The molecule has 3 aromatic rings. The number of nitrogens with zero attached hydrogens (tertiary/aromatic N) is 1. The lowest BCUT2D eigenvalue weighted by atomic mass is 10.2. The van der Waals surface area contributed by atoms with Gasteiger partial charge in [0.1, 0.15) is 30.0 Å². The van der Waals surface area contributed by atoms with Crippen molar-refractivity contribution < 1.29 is 27.1 Å². The highest BCUT2D eigenvalue weighted by Gasteiger charge is 2.28. The van der Waals surface area contributed by atoms with Gasteiger partial charge in [-0.15, -0.1) is 0 Å². The van der Waals surface area contributed by atoms with Crippen LogP contribution in [0.15, 0.2) is 41.3 Å². The first-order valence-electron chi connectivity index (χ1n) is 9.64. The summed E-state index contributed by atoms with van der Waals surface area (Å²) in [6.07, 6.45) is 2.07. The lowest BCUT2D eigenvalue weighted by Gasteiger charge is -2.17. The smallest absolute Gasteiger partial charge is 0.244 e. The Morgan fingerprint density at radius 3 is 2.69 bits per heavy atom. The van der Waals surface area contributed by atoms with E-state index in [-0.39, 0.29) is 6.42 Å². The summed E-state index contributed by atoms with van der Waals surface area (Å²) >= 11 is 2.70. The van der Waals surface area contributed by atoms with E-state index in [9.17, 15) is 17.6 Å². The molecule has 0 saturated carbocycles. The van der Waals surface area contributed by atoms with Gasteiger partial charge in [-0.2, -0.15) is 16.5 Å². The van der Waals surface area contributed by atoms with Crippen molar-refractivity contribution in [3.8, 4) is 11.5 Å². The molecule has 12 heteroatoms. The zero-order chi connectivity index (χ0) is 22.7. The molecule has 8 nitrogen and oxygen atoms in total. The highest BCUT2D eigenvalue weighted by molar-refractivity contribution is 7.98. The standard InChI is InChI=1S/C20H20FN3O5S3/c1-30-9-6-13(24-32(26,27)18-5-3-2-4-12(18)21)19(25)23-20-22-14-10-15-16(11-17(14)31-20)29-8-7-28-15/h2-5,10-11,13,24H,6-9H2,1H3,(H,22,23,25). The van der Waals surface area contributed by atoms with E-state index in [0.29, 0.717) is 41.1 Å². The zero-order valence-electron chi connectivity index (χ0n) is 17.0. The molecule has 2 heterocycles. The van der Waals surface area contributed by atoms with E-state index in [1.165, 1.54) is 35.2 Å². The number of hydrogen-bond acceptors (Lipinski definition) is 8. The van der Waals surface area contributed by atoms with Crippen LogP contribution in [0, 0.1) is 5.82 Å². The minimum Gasteiger partial charge on any atom is -0.486 e. The molecule has 1 aliphatic rings. The Labute approximate surface area is 192 Å². The van der Waals surface area contributed by atoms with E-state index in [4.69, 9.17) is 9.47 Å². The number of halogens is 1. The van der Waals surface area contributed by atoms with Crippen LogP contribution in [0.5, 0.6) is 11.5 Å². The van der Waals surface area contributed by atoms with Crippen LogP contribution in [0.3, 0.4) is 0 Å². The van der Waals surface area contributed by atoms with Crippen molar-refractivity contribution >= 4 is 54.4 Å². The number of anilines is 1. The number of amides is 1. The molecule has 0 spiro atoms. The van der Waals surface area contributed by atoms with Gasteiger partial charge < -0.3 is 14.8 Å². The Morgan fingerprint density at radius 2 is 1.97 bits per heavy atom. The second-order valence-electron chi connectivity index (χ2n) is 6.86. The summed E-state index contributed by atoms with van der Waals surface area (Å²) in [5, 5.41) is 2.99. The molecule has 2 aromatic carbocycles. The number of hydrogen-bond donors (Lipinski definition) is 2. The van der Waals surface area contributed by atoms with Gasteiger partial charge in [0.05, 0.1) is 10.2 Å². The molecule has 0 saturated heterocycles. The van der Waals surface area contributed by atoms with E-state index in [0.717, 1.165) is 16.8 Å². The number of sulfonamides is 1. The molecule has 1 aromatic heterocycles. The Balaban J connectivity index is 1.55. The summed E-state index contributed by atoms with van der Waals surface area (Å²) in [5.41, 5.74) is 0.627. The highest BCUT2D eigenvalue weighted by atomic mass is 32.2. The third-order valence-corrected chi connectivity index (χ3v) is 7.72. The van der Waals surface area contributed by atoms with Crippen LogP contribution in [0.25, 0.3) is 10.2 Å². The average Bonchev–Trinajstić information content (AvgIpc) is 3.15. The fourth-order valence-electron chi connectivity index (χ4n) is 3.10. The molecule has 1 atom stereocenters. The largest absolute Gasteiger partial charge is 0.486 e. The minimum absolute atomic E-state index is 0.224. The SMILES string of the molecule is CSCCC(NS(=O)(=O)c1ccccc1F)C(=O)Nc1nc2cc3c(cc2s1)OCCO3. The van der Waals surface area contributed by atoms with Gasteiger partial charge in [-0.25, -0.2) is 17.8 Å². The first-order chi connectivity index (χ1) is 15.4. The molecule has 1 amide bonds. The Kier molecular flexibility index (Phi) is 6.84. The number of nitrogens with one attached hydrogen (secondary N) is 2. The summed E-state index contributed by atoms with van der Waals surface area (Å²) in [5.74, 6) is 0.265. The number of fused-ring (bicyclic) bond motifs is 2. The van der Waals surface area contributed by atoms with E-state index in [2.05, 4.69) is 15.0 Å². The van der Waals surface area contributed by atoms with Crippen LogP contribution < -0.4 is 19.5 Å². The van der Waals surface area contributed by atoms with Crippen LogP contribution in [0.4, 0.5) is 9.52 Å². The van der Waals surface area contributed by atoms with Gasteiger partial charge in [-0.05, 0) is 30.6 Å². The quantitative estimate of drug-likeness (QED) is 0.492. The van der Waals surface area contributed by atoms with Gasteiger partial charge in [0, 0.05) is 12.1 Å². The maximum Gasteiger partial charge on any atom is 0.244 e. The van der Waals surface area contributed by atoms with E-state index in [1.54, 1.807) is 12.1 Å². The molecule has 2 N–H and O–H groups in total. The van der Waals surface area contributed by atoms with Gasteiger partial charge in [0.15, 0.2) is 16.6 Å². The summed E-state index contributed by atoms with van der Waals surface area (Å²) in [4.78, 5) is 16.8. The fraction of sp³-hybridized carbons (Fsp3) is 0.300. The Bertz CT molecular complexity index is 1210. The number of benzene rings is 2. The predicted octanol–water partition coefficient (Wildman–Crippen LogP) is 3.25. The second-order valence-corrected chi connectivity index (χ2v) is 10.6. The van der Waals surface area contributed by atoms with Crippen LogP contribution in [0.2, 0.25) is 0 Å². The van der Waals surface area contributed by atoms with Crippen LogP contribution in [-0.4, -0.2) is 50.6 Å². The van der Waals surface area contributed by atoms with Crippen molar-refractivity contribution in [2.24, 2.45) is 0 Å². The zero-order valence-corrected chi connectivity index (χ0v) is 19.4. The lowest BCUT2D eigenvalue weighted by Crippen LogP contribution is -2.44. The fourth-order valence-corrected chi connectivity index (χ4v) is 5.76. The van der Waals surface area contributed by atoms with Crippen LogP contribution >= 0.6 is 23.1 Å². The molecular formula is C20H20FN3O5S3. The third-order valence-electron chi connectivity index (χ3n) is 4.63. The summed E-state index contributed by atoms with van der Waals surface area (Å²) in [6.45, 7) is 0.908. The van der Waals surface area contributed by atoms with Crippen molar-refractivity contribution in [1.29, 1.82) is 0 Å². The van der Waals surface area contributed by atoms with Crippen molar-refractivity contribution in [2.45, 2.75) is 17.4 Å². The predicted molar refractivity (Wildman–Crippen MR) is 123 cm³/mol. The number of thiazole rings is 1. The number of thioether (sulfide) groups is 1. The molecule has 0 radical (unpaired) electrons. The van der Waals surface area contributed by atoms with Crippen molar-refractivity contribution in [3.05, 3.63) is 42.2 Å². The van der Waals surface area contributed by atoms with Crippen molar-refractivity contribution in [1.82, 2.24) is 9.71 Å². The number of carbonyl (C=O) groups is 1.